The lowest BCUT2D eigenvalue weighted by atomic mass is 9.94. The van der Waals surface area contributed by atoms with Crippen molar-refractivity contribution in [1.82, 2.24) is 9.88 Å². The van der Waals surface area contributed by atoms with Crippen molar-refractivity contribution in [2.45, 2.75) is 57.9 Å². The SMILES string of the molecule is Cc1nc(Cc2cccc3ccccc23)sc1CC(=O)N(C)C1CCCCC1. The highest BCUT2D eigenvalue weighted by Crippen LogP contribution is 2.27. The standard InChI is InChI=1S/C24H28N2OS/c1-17-22(16-24(27)26(2)20-12-4-3-5-13-20)28-23(25-17)15-19-11-8-10-18-9-6-7-14-21(18)19/h6-11,14,20H,3-5,12-13,15-16H2,1-2H3. The number of rotatable bonds is 5. The first-order chi connectivity index (χ1) is 13.6. The molecule has 1 saturated carbocycles. The van der Waals surface area contributed by atoms with Gasteiger partial charge in [-0.1, -0.05) is 61.7 Å². The average Bonchev–Trinajstić information content (AvgIpc) is 3.07. The Morgan fingerprint density at radius 1 is 1.11 bits per heavy atom. The molecule has 4 heteroatoms. The number of aryl methyl sites for hydroxylation is 1. The van der Waals surface area contributed by atoms with E-state index in [-0.39, 0.29) is 5.91 Å². The molecule has 3 aromatic rings. The maximum Gasteiger partial charge on any atom is 0.227 e. The smallest absolute Gasteiger partial charge is 0.227 e. The highest BCUT2D eigenvalue weighted by molar-refractivity contribution is 7.11. The summed E-state index contributed by atoms with van der Waals surface area (Å²) < 4.78 is 0. The van der Waals surface area contributed by atoms with Gasteiger partial charge in [0.2, 0.25) is 5.91 Å². The fraction of sp³-hybridized carbons (Fsp3) is 0.417. The first-order valence-electron chi connectivity index (χ1n) is 10.3. The molecule has 4 rings (SSSR count). The zero-order valence-corrected chi connectivity index (χ0v) is 17.6. The summed E-state index contributed by atoms with van der Waals surface area (Å²) in [6.07, 6.45) is 7.40. The van der Waals surface area contributed by atoms with Crippen LogP contribution in [0.1, 0.15) is 53.2 Å². The quantitative estimate of drug-likeness (QED) is 0.572. The molecule has 0 spiro atoms. The molecule has 1 heterocycles. The van der Waals surface area contributed by atoms with Gasteiger partial charge >= 0.3 is 0 Å². The normalized spacial score (nSPS) is 15.1. The van der Waals surface area contributed by atoms with E-state index in [1.165, 1.54) is 35.6 Å². The summed E-state index contributed by atoms with van der Waals surface area (Å²) in [5.41, 5.74) is 2.30. The first-order valence-corrected chi connectivity index (χ1v) is 11.1. The van der Waals surface area contributed by atoms with Crippen molar-refractivity contribution in [3.05, 3.63) is 63.6 Å². The molecule has 2 aromatic carbocycles. The largest absolute Gasteiger partial charge is 0.342 e. The number of thiazole rings is 1. The van der Waals surface area contributed by atoms with Crippen LogP contribution in [0, 0.1) is 6.92 Å². The van der Waals surface area contributed by atoms with Gasteiger partial charge in [-0.3, -0.25) is 4.79 Å². The molecule has 1 aliphatic rings. The Bertz CT molecular complexity index is 966. The minimum atomic E-state index is 0.232. The molecule has 0 radical (unpaired) electrons. The second-order valence-corrected chi connectivity index (χ2v) is 9.07. The summed E-state index contributed by atoms with van der Waals surface area (Å²) in [4.78, 5) is 20.7. The van der Waals surface area contributed by atoms with E-state index in [2.05, 4.69) is 42.5 Å². The second-order valence-electron chi connectivity index (χ2n) is 7.90. The van der Waals surface area contributed by atoms with E-state index in [9.17, 15) is 4.79 Å². The van der Waals surface area contributed by atoms with Crippen LogP contribution in [0.3, 0.4) is 0 Å². The van der Waals surface area contributed by atoms with Gasteiger partial charge < -0.3 is 4.90 Å². The lowest BCUT2D eigenvalue weighted by Gasteiger charge is -2.31. The predicted octanol–water partition coefficient (Wildman–Crippen LogP) is 5.53. The zero-order chi connectivity index (χ0) is 19.5. The van der Waals surface area contributed by atoms with Crippen LogP contribution in [-0.4, -0.2) is 28.9 Å². The summed E-state index contributed by atoms with van der Waals surface area (Å²) in [6, 6.07) is 15.4. The van der Waals surface area contributed by atoms with E-state index in [1.807, 2.05) is 18.9 Å². The zero-order valence-electron chi connectivity index (χ0n) is 16.8. The van der Waals surface area contributed by atoms with Gasteiger partial charge in [-0.15, -0.1) is 11.3 Å². The van der Waals surface area contributed by atoms with Crippen molar-refractivity contribution < 1.29 is 4.79 Å². The average molecular weight is 393 g/mol. The van der Waals surface area contributed by atoms with Gasteiger partial charge in [0.15, 0.2) is 0 Å². The molecule has 0 N–H and O–H groups in total. The van der Waals surface area contributed by atoms with Gasteiger partial charge in [0.25, 0.3) is 0 Å². The van der Waals surface area contributed by atoms with Crippen LogP contribution in [0.4, 0.5) is 0 Å². The summed E-state index contributed by atoms with van der Waals surface area (Å²) in [5, 5.41) is 3.64. The number of carbonyl (C=O) groups is 1. The van der Waals surface area contributed by atoms with E-state index in [0.29, 0.717) is 12.5 Å². The molecule has 1 aromatic heterocycles. The Balaban J connectivity index is 1.48. The number of nitrogens with zero attached hydrogens (tertiary/aromatic N) is 2. The third-order valence-electron chi connectivity index (χ3n) is 5.99. The number of likely N-dealkylation sites (N-methyl/N-ethyl adjacent to an activating group) is 1. The van der Waals surface area contributed by atoms with Gasteiger partial charge in [-0.2, -0.15) is 0 Å². The number of fused-ring (bicyclic) bond motifs is 1. The van der Waals surface area contributed by atoms with Crippen molar-refractivity contribution in [3.63, 3.8) is 0 Å². The molecule has 1 fully saturated rings. The Hall–Kier alpha value is -2.20. The Morgan fingerprint density at radius 2 is 1.86 bits per heavy atom. The van der Waals surface area contributed by atoms with E-state index >= 15 is 0 Å². The second kappa shape index (κ2) is 8.44. The first kappa shape index (κ1) is 19.1. The van der Waals surface area contributed by atoms with Gasteiger partial charge in [0, 0.05) is 24.4 Å². The fourth-order valence-corrected chi connectivity index (χ4v) is 5.36. The molecule has 1 aliphatic carbocycles. The van der Waals surface area contributed by atoms with Crippen LogP contribution in [0.15, 0.2) is 42.5 Å². The van der Waals surface area contributed by atoms with Crippen LogP contribution >= 0.6 is 11.3 Å². The van der Waals surface area contributed by atoms with Gasteiger partial charge in [0.05, 0.1) is 17.1 Å². The maximum absolute atomic E-state index is 12.8. The summed E-state index contributed by atoms with van der Waals surface area (Å²) >= 11 is 1.70. The van der Waals surface area contributed by atoms with Crippen molar-refractivity contribution in [3.8, 4) is 0 Å². The Kier molecular flexibility index (Phi) is 5.77. The third kappa shape index (κ3) is 4.12. The molecule has 146 valence electrons. The monoisotopic (exact) mass is 392 g/mol. The minimum Gasteiger partial charge on any atom is -0.342 e. The van der Waals surface area contributed by atoms with Crippen LogP contribution in [0.2, 0.25) is 0 Å². The summed E-state index contributed by atoms with van der Waals surface area (Å²) in [6.45, 7) is 2.03. The van der Waals surface area contributed by atoms with Gasteiger partial charge in [-0.05, 0) is 36.1 Å². The number of aromatic nitrogens is 1. The molecule has 3 nitrogen and oxygen atoms in total. The molecule has 0 bridgehead atoms. The number of amides is 1. The molecule has 0 atom stereocenters. The van der Waals surface area contributed by atoms with E-state index in [4.69, 9.17) is 4.98 Å². The minimum absolute atomic E-state index is 0.232. The number of carbonyl (C=O) groups excluding carboxylic acids is 1. The topological polar surface area (TPSA) is 33.2 Å². The maximum atomic E-state index is 12.8. The highest BCUT2D eigenvalue weighted by Gasteiger charge is 2.23. The van der Waals surface area contributed by atoms with Crippen LogP contribution in [0.5, 0.6) is 0 Å². The summed E-state index contributed by atoms with van der Waals surface area (Å²) in [7, 11) is 1.98. The van der Waals surface area contributed by atoms with Crippen LogP contribution in [0.25, 0.3) is 10.8 Å². The predicted molar refractivity (Wildman–Crippen MR) is 117 cm³/mol. The third-order valence-corrected chi connectivity index (χ3v) is 7.14. The molecule has 0 unspecified atom stereocenters. The Morgan fingerprint density at radius 3 is 2.68 bits per heavy atom. The molecule has 0 saturated heterocycles. The van der Waals surface area contributed by atoms with Crippen molar-refractivity contribution in [2.24, 2.45) is 0 Å². The number of hydrogen-bond donors (Lipinski definition) is 0. The van der Waals surface area contributed by atoms with E-state index < -0.39 is 0 Å². The van der Waals surface area contributed by atoms with Crippen LogP contribution in [-0.2, 0) is 17.6 Å². The molecule has 0 aliphatic heterocycles. The van der Waals surface area contributed by atoms with Crippen LogP contribution < -0.4 is 0 Å². The number of benzene rings is 2. The number of hydrogen-bond acceptors (Lipinski definition) is 3. The molecular weight excluding hydrogens is 364 g/mol. The van der Waals surface area contributed by atoms with Gasteiger partial charge in [-0.25, -0.2) is 4.98 Å². The van der Waals surface area contributed by atoms with E-state index in [1.54, 1.807) is 11.3 Å². The van der Waals surface area contributed by atoms with Crippen molar-refractivity contribution >= 4 is 28.0 Å². The van der Waals surface area contributed by atoms with E-state index in [0.717, 1.165) is 34.8 Å². The summed E-state index contributed by atoms with van der Waals surface area (Å²) in [5.74, 6) is 0.232. The Labute approximate surface area is 171 Å². The molecular formula is C24H28N2OS. The molecule has 1 amide bonds. The highest BCUT2D eigenvalue weighted by atomic mass is 32.1. The van der Waals surface area contributed by atoms with Crippen molar-refractivity contribution in [2.75, 3.05) is 7.05 Å². The molecule has 28 heavy (non-hydrogen) atoms. The fourth-order valence-electron chi connectivity index (χ4n) is 4.27. The lowest BCUT2D eigenvalue weighted by molar-refractivity contribution is -0.131. The van der Waals surface area contributed by atoms with Gasteiger partial charge in [0.1, 0.15) is 0 Å². The lowest BCUT2D eigenvalue weighted by Crippen LogP contribution is -2.39. The van der Waals surface area contributed by atoms with Crippen molar-refractivity contribution in [1.29, 1.82) is 0 Å².